The standard InChI is InChI=1S/C30H45ClN6O6/c1-17(2)18-6-7-19(21(31)14-18)15-34-26(39)22(9-11-25(32)38)35-27(40)24-10-8-20-12-13-33-16-23(28(41)37(20)24)36-29(42)43-30(3,4)5/h6-7,14,17,20,22-24,33H,8-13,15-16H2,1-5H3,(H2,32,38)(H,34,39)(H,35,40)(H,36,42)/t20-,22+,23+,24+/m1/s1. The molecular formula is C30H45ClN6O6. The van der Waals surface area contributed by atoms with Crippen LogP contribution in [-0.2, 0) is 30.5 Å². The van der Waals surface area contributed by atoms with Crippen molar-refractivity contribution in [3.05, 3.63) is 34.3 Å². The van der Waals surface area contributed by atoms with Crippen molar-refractivity contribution in [3.63, 3.8) is 0 Å². The van der Waals surface area contributed by atoms with Gasteiger partial charge < -0.3 is 36.6 Å². The van der Waals surface area contributed by atoms with Gasteiger partial charge in [0, 0.05) is 30.6 Å². The number of carbonyl (C=O) groups is 5. The van der Waals surface area contributed by atoms with Crippen LogP contribution in [0.3, 0.4) is 0 Å². The van der Waals surface area contributed by atoms with E-state index in [9.17, 15) is 24.0 Å². The number of nitrogens with one attached hydrogen (secondary N) is 4. The fraction of sp³-hybridized carbons (Fsp3) is 0.633. The van der Waals surface area contributed by atoms with Crippen LogP contribution in [0, 0.1) is 0 Å². The number of amides is 5. The number of nitrogens with zero attached hydrogens (tertiary/aromatic N) is 1. The number of hydrogen-bond acceptors (Lipinski definition) is 7. The normalized spacial score (nSPS) is 21.3. The third-order valence-electron chi connectivity index (χ3n) is 7.56. The van der Waals surface area contributed by atoms with Crippen molar-refractivity contribution >= 4 is 41.3 Å². The number of primary amides is 1. The number of benzene rings is 1. The number of carbonyl (C=O) groups excluding carboxylic acids is 5. The van der Waals surface area contributed by atoms with Gasteiger partial charge in [-0.25, -0.2) is 4.79 Å². The largest absolute Gasteiger partial charge is 0.444 e. The van der Waals surface area contributed by atoms with Crippen LogP contribution in [0.2, 0.25) is 5.02 Å². The molecule has 0 bridgehead atoms. The van der Waals surface area contributed by atoms with Crippen molar-refractivity contribution in [2.24, 2.45) is 5.73 Å². The van der Waals surface area contributed by atoms with E-state index in [1.165, 1.54) is 4.90 Å². The van der Waals surface area contributed by atoms with Crippen LogP contribution in [0.5, 0.6) is 0 Å². The van der Waals surface area contributed by atoms with Gasteiger partial charge in [-0.3, -0.25) is 19.2 Å². The Morgan fingerprint density at radius 1 is 1.16 bits per heavy atom. The maximum Gasteiger partial charge on any atom is 0.408 e. The third kappa shape index (κ3) is 9.82. The zero-order valence-corrected chi connectivity index (χ0v) is 26.4. The Balaban J connectivity index is 1.72. The van der Waals surface area contributed by atoms with Crippen LogP contribution in [0.25, 0.3) is 0 Å². The number of hydrogen-bond donors (Lipinski definition) is 5. The Kier molecular flexibility index (Phi) is 11.8. The minimum Gasteiger partial charge on any atom is -0.444 e. The summed E-state index contributed by atoms with van der Waals surface area (Å²) in [6.07, 6.45) is 0.760. The maximum absolute atomic E-state index is 13.7. The molecule has 13 heteroatoms. The molecule has 2 aliphatic heterocycles. The first kappa shape index (κ1) is 34.1. The molecule has 1 aromatic carbocycles. The van der Waals surface area contributed by atoms with Crippen LogP contribution >= 0.6 is 11.6 Å². The van der Waals surface area contributed by atoms with E-state index in [4.69, 9.17) is 22.1 Å². The van der Waals surface area contributed by atoms with Gasteiger partial charge in [-0.15, -0.1) is 0 Å². The van der Waals surface area contributed by atoms with Crippen molar-refractivity contribution in [3.8, 4) is 0 Å². The fourth-order valence-electron chi connectivity index (χ4n) is 5.30. The number of fused-ring (bicyclic) bond motifs is 1. The average molecular weight is 621 g/mol. The molecule has 0 radical (unpaired) electrons. The molecule has 0 aromatic heterocycles. The highest BCUT2D eigenvalue weighted by Crippen LogP contribution is 2.29. The Morgan fingerprint density at radius 3 is 2.51 bits per heavy atom. The van der Waals surface area contributed by atoms with Gasteiger partial charge in [-0.1, -0.05) is 37.6 Å². The summed E-state index contributed by atoms with van der Waals surface area (Å²) in [7, 11) is 0. The second kappa shape index (κ2) is 14.9. The predicted octanol–water partition coefficient (Wildman–Crippen LogP) is 2.08. The molecule has 2 fully saturated rings. The molecule has 0 saturated carbocycles. The van der Waals surface area contributed by atoms with E-state index < -0.39 is 53.4 Å². The van der Waals surface area contributed by atoms with Crippen LogP contribution in [-0.4, -0.2) is 77.5 Å². The molecule has 1 aromatic rings. The highest BCUT2D eigenvalue weighted by Gasteiger charge is 2.44. The van der Waals surface area contributed by atoms with Gasteiger partial charge in [0.05, 0.1) is 0 Å². The summed E-state index contributed by atoms with van der Waals surface area (Å²) in [5, 5.41) is 11.9. The van der Waals surface area contributed by atoms with E-state index in [-0.39, 0.29) is 32.0 Å². The molecule has 0 aliphatic carbocycles. The lowest BCUT2D eigenvalue weighted by atomic mass is 10.0. The van der Waals surface area contributed by atoms with E-state index in [0.717, 1.165) is 5.56 Å². The molecule has 2 saturated heterocycles. The first-order chi connectivity index (χ1) is 20.2. The zero-order chi connectivity index (χ0) is 31.9. The van der Waals surface area contributed by atoms with Gasteiger partial charge in [0.1, 0.15) is 23.7 Å². The Bertz CT molecular complexity index is 1200. The van der Waals surface area contributed by atoms with Gasteiger partial charge in [-0.05, 0) is 76.1 Å². The molecule has 0 spiro atoms. The second-order valence-electron chi connectivity index (χ2n) is 12.5. The van der Waals surface area contributed by atoms with Gasteiger partial charge in [0.15, 0.2) is 0 Å². The van der Waals surface area contributed by atoms with Crippen molar-refractivity contribution < 1.29 is 28.7 Å². The lowest BCUT2D eigenvalue weighted by Crippen LogP contribution is -2.61. The van der Waals surface area contributed by atoms with Gasteiger partial charge in [-0.2, -0.15) is 0 Å². The number of nitrogens with two attached hydrogens (primary N) is 1. The Morgan fingerprint density at radius 2 is 1.88 bits per heavy atom. The molecule has 0 unspecified atom stereocenters. The second-order valence-corrected chi connectivity index (χ2v) is 12.9. The maximum atomic E-state index is 13.7. The van der Waals surface area contributed by atoms with Crippen LogP contribution in [0.15, 0.2) is 18.2 Å². The summed E-state index contributed by atoms with van der Waals surface area (Å²) >= 11 is 6.43. The summed E-state index contributed by atoms with van der Waals surface area (Å²) in [5.41, 5.74) is 6.38. The van der Waals surface area contributed by atoms with Crippen LogP contribution in [0.4, 0.5) is 4.79 Å². The van der Waals surface area contributed by atoms with Gasteiger partial charge in [0.25, 0.3) is 0 Å². The molecule has 6 N–H and O–H groups in total. The number of alkyl carbamates (subject to hydrolysis) is 1. The molecule has 2 aliphatic rings. The van der Waals surface area contributed by atoms with Crippen molar-refractivity contribution in [1.82, 2.24) is 26.2 Å². The summed E-state index contributed by atoms with van der Waals surface area (Å²) in [5.74, 6) is -1.73. The minimum atomic E-state index is -1.06. The first-order valence-electron chi connectivity index (χ1n) is 14.8. The molecule has 12 nitrogen and oxygen atoms in total. The molecule has 2 heterocycles. The highest BCUT2D eigenvalue weighted by atomic mass is 35.5. The van der Waals surface area contributed by atoms with Crippen molar-refractivity contribution in [2.75, 3.05) is 13.1 Å². The van der Waals surface area contributed by atoms with Gasteiger partial charge in [0.2, 0.25) is 23.6 Å². The molecule has 5 amide bonds. The fourth-order valence-corrected chi connectivity index (χ4v) is 5.55. The average Bonchev–Trinajstić information content (AvgIpc) is 3.32. The van der Waals surface area contributed by atoms with E-state index >= 15 is 0 Å². The topological polar surface area (TPSA) is 172 Å². The first-order valence-corrected chi connectivity index (χ1v) is 15.2. The summed E-state index contributed by atoms with van der Waals surface area (Å²) < 4.78 is 5.33. The lowest BCUT2D eigenvalue weighted by Gasteiger charge is -2.36. The number of halogens is 1. The van der Waals surface area contributed by atoms with Crippen molar-refractivity contribution in [1.29, 1.82) is 0 Å². The summed E-state index contributed by atoms with van der Waals surface area (Å²) in [6, 6.07) is 2.59. The lowest BCUT2D eigenvalue weighted by molar-refractivity contribution is -0.143. The SMILES string of the molecule is CC(C)c1ccc(CNC(=O)[C@H](CCC(N)=O)NC(=O)[C@@H]2CC[C@@H]3CCNC[C@H](NC(=O)OC(C)(C)C)C(=O)N32)c(Cl)c1. The highest BCUT2D eigenvalue weighted by molar-refractivity contribution is 6.31. The van der Waals surface area contributed by atoms with E-state index in [0.29, 0.717) is 42.3 Å². The van der Waals surface area contributed by atoms with Gasteiger partial charge >= 0.3 is 6.09 Å². The molecule has 238 valence electrons. The monoisotopic (exact) mass is 620 g/mol. The number of ether oxygens (including phenoxy) is 1. The Labute approximate surface area is 258 Å². The smallest absolute Gasteiger partial charge is 0.408 e. The molecule has 4 atom stereocenters. The molecular weight excluding hydrogens is 576 g/mol. The third-order valence-corrected chi connectivity index (χ3v) is 7.91. The quantitative estimate of drug-likeness (QED) is 0.266. The van der Waals surface area contributed by atoms with E-state index in [1.54, 1.807) is 20.8 Å². The molecule has 3 rings (SSSR count). The van der Waals surface area contributed by atoms with E-state index in [1.807, 2.05) is 18.2 Å². The summed E-state index contributed by atoms with van der Waals surface area (Å²) in [4.78, 5) is 66.0. The van der Waals surface area contributed by atoms with E-state index in [2.05, 4.69) is 35.1 Å². The minimum absolute atomic E-state index is 0.0102. The van der Waals surface area contributed by atoms with Crippen molar-refractivity contribution in [2.45, 2.75) is 109 Å². The number of rotatable bonds is 10. The predicted molar refractivity (Wildman–Crippen MR) is 162 cm³/mol. The summed E-state index contributed by atoms with van der Waals surface area (Å²) in [6.45, 7) is 10.2. The Hall–Kier alpha value is -3.38. The van der Waals surface area contributed by atoms with Crippen LogP contribution in [0.1, 0.15) is 83.8 Å². The molecule has 43 heavy (non-hydrogen) atoms. The van der Waals surface area contributed by atoms with Crippen LogP contribution < -0.4 is 27.0 Å². The zero-order valence-electron chi connectivity index (χ0n) is 25.6.